The first-order valence-electron chi connectivity index (χ1n) is 5.95. The van der Waals surface area contributed by atoms with Crippen LogP contribution in [0.25, 0.3) is 0 Å². The van der Waals surface area contributed by atoms with Gasteiger partial charge in [0.05, 0.1) is 23.2 Å². The number of methoxy groups -OCH3 is 1. The number of ether oxygens (including phenoxy) is 1. The summed E-state index contributed by atoms with van der Waals surface area (Å²) in [6.45, 7) is 6.78. The second-order valence-electron chi connectivity index (χ2n) is 5.27. The highest BCUT2D eigenvalue weighted by Crippen LogP contribution is 2.18. The Labute approximate surface area is 119 Å². The lowest BCUT2D eigenvalue weighted by atomic mass is 10.1. The lowest BCUT2D eigenvalue weighted by molar-refractivity contribution is -0.0357. The summed E-state index contributed by atoms with van der Waals surface area (Å²) >= 11 is 0. The van der Waals surface area contributed by atoms with E-state index < -0.39 is 21.6 Å². The van der Waals surface area contributed by atoms with Gasteiger partial charge in [-0.05, 0) is 45.4 Å². The van der Waals surface area contributed by atoms with Gasteiger partial charge in [0.1, 0.15) is 0 Å². The maximum atomic E-state index is 12.2. The molecule has 0 saturated carbocycles. The molecule has 1 aromatic carbocycles. The zero-order chi connectivity index (χ0) is 15.6. The van der Waals surface area contributed by atoms with Crippen molar-refractivity contribution in [1.82, 2.24) is 4.89 Å². The van der Waals surface area contributed by atoms with E-state index in [0.29, 0.717) is 5.56 Å². The third-order valence-electron chi connectivity index (χ3n) is 2.36. The first kappa shape index (κ1) is 16.6. The summed E-state index contributed by atoms with van der Waals surface area (Å²) < 4.78 is 28.9. The Balaban J connectivity index is 3.14. The van der Waals surface area contributed by atoms with Crippen molar-refractivity contribution in [3.05, 3.63) is 29.3 Å². The van der Waals surface area contributed by atoms with Crippen LogP contribution >= 0.6 is 0 Å². The van der Waals surface area contributed by atoms with Crippen molar-refractivity contribution in [2.24, 2.45) is 0 Å². The molecule has 1 rings (SSSR count). The fraction of sp³-hybridized carbons (Fsp3) is 0.462. The summed E-state index contributed by atoms with van der Waals surface area (Å²) in [7, 11) is -2.63. The number of carbonyl (C=O) groups excluding carboxylic acids is 1. The van der Waals surface area contributed by atoms with E-state index in [1.54, 1.807) is 27.7 Å². The van der Waals surface area contributed by atoms with Crippen LogP contribution in [0, 0.1) is 6.92 Å². The molecule has 0 bridgehead atoms. The number of nitrogens with one attached hydrogen (secondary N) is 1. The van der Waals surface area contributed by atoms with Crippen LogP contribution < -0.4 is 4.89 Å². The molecule has 112 valence electrons. The van der Waals surface area contributed by atoms with Gasteiger partial charge in [-0.15, -0.1) is 0 Å². The zero-order valence-electron chi connectivity index (χ0n) is 12.2. The van der Waals surface area contributed by atoms with Gasteiger partial charge in [0.15, 0.2) is 0 Å². The van der Waals surface area contributed by atoms with Crippen molar-refractivity contribution in [2.75, 3.05) is 7.11 Å². The number of sulfonamides is 1. The highest BCUT2D eigenvalue weighted by atomic mass is 32.2. The molecule has 0 heterocycles. The quantitative estimate of drug-likeness (QED) is 0.677. The lowest BCUT2D eigenvalue weighted by Crippen LogP contribution is -2.34. The van der Waals surface area contributed by atoms with Crippen LogP contribution in [0.5, 0.6) is 0 Å². The van der Waals surface area contributed by atoms with E-state index in [1.807, 2.05) is 0 Å². The Hall–Kier alpha value is -1.44. The van der Waals surface area contributed by atoms with Gasteiger partial charge in [0, 0.05) is 0 Å². The van der Waals surface area contributed by atoms with Crippen LogP contribution in [0.4, 0.5) is 0 Å². The minimum Gasteiger partial charge on any atom is -0.465 e. The van der Waals surface area contributed by atoms with Gasteiger partial charge in [0.2, 0.25) is 0 Å². The largest absolute Gasteiger partial charge is 0.465 e. The van der Waals surface area contributed by atoms with E-state index in [-0.39, 0.29) is 10.5 Å². The summed E-state index contributed by atoms with van der Waals surface area (Å²) in [5, 5.41) is 0. The molecule has 20 heavy (non-hydrogen) atoms. The SMILES string of the molecule is COC(=O)c1ccc(C)c(S(=O)(=O)NOC(C)(C)C)c1. The summed E-state index contributed by atoms with van der Waals surface area (Å²) in [6.07, 6.45) is 0. The Morgan fingerprint density at radius 1 is 1.25 bits per heavy atom. The average Bonchev–Trinajstić information content (AvgIpc) is 2.35. The van der Waals surface area contributed by atoms with E-state index in [0.717, 1.165) is 0 Å². The standard InChI is InChI=1S/C13H19NO5S/c1-9-6-7-10(12(15)18-5)8-11(9)20(16,17)14-19-13(2,3)4/h6-8,14H,1-5H3. The van der Waals surface area contributed by atoms with E-state index in [1.165, 1.54) is 25.3 Å². The zero-order valence-corrected chi connectivity index (χ0v) is 13.0. The van der Waals surface area contributed by atoms with Crippen molar-refractivity contribution >= 4 is 16.0 Å². The van der Waals surface area contributed by atoms with E-state index in [4.69, 9.17) is 4.84 Å². The van der Waals surface area contributed by atoms with Crippen molar-refractivity contribution in [2.45, 2.75) is 38.2 Å². The minimum atomic E-state index is -3.87. The summed E-state index contributed by atoms with van der Waals surface area (Å²) in [6, 6.07) is 4.30. The maximum Gasteiger partial charge on any atom is 0.337 e. The number of carbonyl (C=O) groups is 1. The molecule has 1 N–H and O–H groups in total. The van der Waals surface area contributed by atoms with Crippen LogP contribution in [0.2, 0.25) is 0 Å². The highest BCUT2D eigenvalue weighted by molar-refractivity contribution is 7.89. The predicted octanol–water partition coefficient (Wildman–Crippen LogP) is 1.79. The second-order valence-corrected chi connectivity index (χ2v) is 6.89. The third-order valence-corrected chi connectivity index (χ3v) is 3.68. The topological polar surface area (TPSA) is 81.7 Å². The van der Waals surface area contributed by atoms with Gasteiger partial charge in [-0.3, -0.25) is 4.84 Å². The molecule has 0 spiro atoms. The number of aryl methyl sites for hydroxylation is 1. The average molecular weight is 301 g/mol. The monoisotopic (exact) mass is 301 g/mol. The molecule has 0 fully saturated rings. The summed E-state index contributed by atoms with van der Waals surface area (Å²) in [4.78, 5) is 18.6. The summed E-state index contributed by atoms with van der Waals surface area (Å²) in [5.41, 5.74) is -0.00195. The number of esters is 1. The van der Waals surface area contributed by atoms with Crippen LogP contribution in [-0.4, -0.2) is 27.1 Å². The van der Waals surface area contributed by atoms with Crippen molar-refractivity contribution in [3.63, 3.8) is 0 Å². The molecule has 1 aromatic rings. The lowest BCUT2D eigenvalue weighted by Gasteiger charge is -2.19. The predicted molar refractivity (Wildman–Crippen MR) is 73.7 cm³/mol. The van der Waals surface area contributed by atoms with Crippen molar-refractivity contribution in [1.29, 1.82) is 0 Å². The Bertz CT molecular complexity index is 602. The fourth-order valence-corrected chi connectivity index (χ4v) is 2.58. The molecule has 0 unspecified atom stereocenters. The molecule has 0 amide bonds. The number of rotatable bonds is 4. The molecule has 0 aromatic heterocycles. The molecule has 0 saturated heterocycles. The van der Waals surface area contributed by atoms with Crippen molar-refractivity contribution < 1.29 is 22.8 Å². The van der Waals surface area contributed by atoms with E-state index >= 15 is 0 Å². The molecule has 0 aliphatic rings. The Morgan fingerprint density at radius 2 is 1.85 bits per heavy atom. The number of hydrogen-bond donors (Lipinski definition) is 1. The van der Waals surface area contributed by atoms with Gasteiger partial charge in [-0.25, -0.2) is 13.2 Å². The molecular formula is C13H19NO5S. The fourth-order valence-electron chi connectivity index (χ4n) is 1.36. The molecule has 0 aliphatic heterocycles. The van der Waals surface area contributed by atoms with Gasteiger partial charge in [-0.1, -0.05) is 11.0 Å². The first-order chi connectivity index (χ1) is 9.07. The van der Waals surface area contributed by atoms with Crippen LogP contribution in [0.15, 0.2) is 23.1 Å². The minimum absolute atomic E-state index is 0.0235. The van der Waals surface area contributed by atoms with Gasteiger partial charge in [0.25, 0.3) is 10.0 Å². The molecular weight excluding hydrogens is 282 g/mol. The maximum absolute atomic E-state index is 12.2. The summed E-state index contributed by atoms with van der Waals surface area (Å²) in [5.74, 6) is -0.599. The van der Waals surface area contributed by atoms with E-state index in [2.05, 4.69) is 9.62 Å². The molecule has 0 aliphatic carbocycles. The van der Waals surface area contributed by atoms with Gasteiger partial charge < -0.3 is 4.74 Å². The van der Waals surface area contributed by atoms with Crippen LogP contribution in [-0.2, 0) is 19.6 Å². The number of benzene rings is 1. The highest BCUT2D eigenvalue weighted by Gasteiger charge is 2.22. The number of hydrogen-bond acceptors (Lipinski definition) is 5. The third kappa shape index (κ3) is 4.29. The molecule has 6 nitrogen and oxygen atoms in total. The van der Waals surface area contributed by atoms with Gasteiger partial charge >= 0.3 is 5.97 Å². The molecule has 7 heteroatoms. The van der Waals surface area contributed by atoms with E-state index in [9.17, 15) is 13.2 Å². The Morgan fingerprint density at radius 3 is 2.35 bits per heavy atom. The second kappa shape index (κ2) is 5.90. The van der Waals surface area contributed by atoms with Gasteiger partial charge in [-0.2, -0.15) is 0 Å². The molecule has 0 atom stereocenters. The molecule has 0 radical (unpaired) electrons. The van der Waals surface area contributed by atoms with Crippen LogP contribution in [0.1, 0.15) is 36.7 Å². The smallest absolute Gasteiger partial charge is 0.337 e. The normalized spacial score (nSPS) is 12.2. The first-order valence-corrected chi connectivity index (χ1v) is 7.44. The van der Waals surface area contributed by atoms with Crippen molar-refractivity contribution in [3.8, 4) is 0 Å². The van der Waals surface area contributed by atoms with Crippen LogP contribution in [0.3, 0.4) is 0 Å². The Kier molecular flexibility index (Phi) is 4.90.